The van der Waals surface area contributed by atoms with Crippen molar-refractivity contribution in [1.29, 1.82) is 0 Å². The Morgan fingerprint density at radius 1 is 1.17 bits per heavy atom. The summed E-state index contributed by atoms with van der Waals surface area (Å²) in [6.07, 6.45) is 6.69. The molecule has 1 aromatic carbocycles. The molecule has 4 rings (SSSR count). The number of fused-ring (bicyclic) bond motifs is 2. The molecule has 3 heterocycles. The van der Waals surface area contributed by atoms with Crippen LogP contribution < -0.4 is 0 Å². The first-order valence-electron chi connectivity index (χ1n) is 8.29. The van der Waals surface area contributed by atoms with E-state index in [9.17, 15) is 4.79 Å². The Bertz CT molecular complexity index is 557. The van der Waals surface area contributed by atoms with E-state index in [0.29, 0.717) is 30.4 Å². The monoisotopic (exact) mass is 337 g/mol. The Labute approximate surface area is 142 Å². The molecule has 0 N–H and O–H groups in total. The molecular weight excluding hydrogens is 314 g/mol. The highest BCUT2D eigenvalue weighted by Crippen LogP contribution is 2.33. The molecule has 0 unspecified atom stereocenters. The fourth-order valence-corrected chi connectivity index (χ4v) is 3.37. The van der Waals surface area contributed by atoms with E-state index < -0.39 is 5.41 Å². The molecule has 126 valence electrons. The number of amides is 1. The first-order valence-corrected chi connectivity index (χ1v) is 8.67. The predicted octanol–water partition coefficient (Wildman–Crippen LogP) is 3.97. The minimum atomic E-state index is -0.429. The highest BCUT2D eigenvalue weighted by molar-refractivity contribution is 6.31. The summed E-state index contributed by atoms with van der Waals surface area (Å²) in [6.45, 7) is 4.59. The normalized spacial score (nSPS) is 28.0. The van der Waals surface area contributed by atoms with Crippen LogP contribution >= 0.6 is 11.6 Å². The standard InChI is InChI=1S/C12H14ClNO2.C6H10O/c1-12(2)8-16-14(11(12)15)7-9-5-3-4-6-10(9)13;1-2-6-4-3-5(1)7-6/h3-6H,7-8H2,1-2H3;5-6H,1-4H2. The number of nitrogens with zero attached hydrogens (tertiary/aromatic N) is 1. The average Bonchev–Trinajstić information content (AvgIpc) is 3.23. The number of benzene rings is 1. The lowest BCUT2D eigenvalue weighted by Crippen LogP contribution is -2.30. The van der Waals surface area contributed by atoms with Crippen LogP contribution in [0.5, 0.6) is 0 Å². The quantitative estimate of drug-likeness (QED) is 0.819. The van der Waals surface area contributed by atoms with Crippen molar-refractivity contribution in [1.82, 2.24) is 5.06 Å². The third-order valence-electron chi connectivity index (χ3n) is 4.66. The third-order valence-corrected chi connectivity index (χ3v) is 5.03. The number of rotatable bonds is 2. The van der Waals surface area contributed by atoms with Gasteiger partial charge in [-0.1, -0.05) is 29.8 Å². The fraction of sp³-hybridized carbons (Fsp3) is 0.611. The molecule has 3 fully saturated rings. The van der Waals surface area contributed by atoms with Crippen molar-refractivity contribution in [2.75, 3.05) is 6.61 Å². The Balaban J connectivity index is 0.000000183. The second-order valence-electron chi connectivity index (χ2n) is 7.13. The third kappa shape index (κ3) is 3.87. The molecule has 3 aliphatic heterocycles. The van der Waals surface area contributed by atoms with Gasteiger partial charge in [-0.3, -0.25) is 9.63 Å². The lowest BCUT2D eigenvalue weighted by molar-refractivity contribution is -0.165. The van der Waals surface area contributed by atoms with E-state index >= 15 is 0 Å². The number of hydrogen-bond acceptors (Lipinski definition) is 3. The number of hydroxylamine groups is 2. The van der Waals surface area contributed by atoms with E-state index in [1.807, 2.05) is 38.1 Å². The zero-order valence-corrected chi connectivity index (χ0v) is 14.5. The molecular formula is C18H24ClNO3. The van der Waals surface area contributed by atoms with Gasteiger partial charge in [-0.15, -0.1) is 0 Å². The largest absolute Gasteiger partial charge is 0.375 e. The highest BCUT2D eigenvalue weighted by atomic mass is 35.5. The molecule has 23 heavy (non-hydrogen) atoms. The van der Waals surface area contributed by atoms with Gasteiger partial charge in [0.2, 0.25) is 0 Å². The van der Waals surface area contributed by atoms with Gasteiger partial charge in [0.15, 0.2) is 0 Å². The molecule has 2 bridgehead atoms. The van der Waals surface area contributed by atoms with Gasteiger partial charge in [-0.05, 0) is 51.2 Å². The van der Waals surface area contributed by atoms with Gasteiger partial charge < -0.3 is 4.74 Å². The van der Waals surface area contributed by atoms with E-state index in [0.717, 1.165) is 5.56 Å². The number of ether oxygens (including phenoxy) is 1. The lowest BCUT2D eigenvalue weighted by atomic mass is 9.95. The van der Waals surface area contributed by atoms with Crippen molar-refractivity contribution in [3.63, 3.8) is 0 Å². The molecule has 0 atom stereocenters. The SMILES string of the molecule is C1CC2CCC1O2.CC1(C)CON(Cc2ccccc2Cl)C1=O. The second kappa shape index (κ2) is 6.80. The molecule has 0 aliphatic carbocycles. The zero-order chi connectivity index (χ0) is 16.4. The lowest BCUT2D eigenvalue weighted by Gasteiger charge is -2.16. The van der Waals surface area contributed by atoms with Crippen LogP contribution in [0.15, 0.2) is 24.3 Å². The summed E-state index contributed by atoms with van der Waals surface area (Å²) in [5.41, 5.74) is 0.469. The van der Waals surface area contributed by atoms with Crippen molar-refractivity contribution in [3.05, 3.63) is 34.9 Å². The van der Waals surface area contributed by atoms with E-state index in [4.69, 9.17) is 21.2 Å². The van der Waals surface area contributed by atoms with Crippen LogP contribution in [-0.2, 0) is 20.9 Å². The van der Waals surface area contributed by atoms with Crippen LogP contribution in [0.1, 0.15) is 45.1 Å². The van der Waals surface area contributed by atoms with E-state index in [1.54, 1.807) is 0 Å². The average molecular weight is 338 g/mol. The van der Waals surface area contributed by atoms with Gasteiger partial charge in [0, 0.05) is 5.02 Å². The van der Waals surface area contributed by atoms with Gasteiger partial charge in [0.1, 0.15) is 0 Å². The van der Waals surface area contributed by atoms with E-state index in [1.165, 1.54) is 30.7 Å². The van der Waals surface area contributed by atoms with Crippen molar-refractivity contribution < 1.29 is 14.4 Å². The number of hydrogen-bond donors (Lipinski definition) is 0. The van der Waals surface area contributed by atoms with Gasteiger partial charge in [-0.25, -0.2) is 5.06 Å². The van der Waals surface area contributed by atoms with Crippen LogP contribution in [0.4, 0.5) is 0 Å². The Morgan fingerprint density at radius 2 is 1.78 bits per heavy atom. The molecule has 4 nitrogen and oxygen atoms in total. The predicted molar refractivity (Wildman–Crippen MR) is 88.9 cm³/mol. The minimum Gasteiger partial charge on any atom is -0.375 e. The van der Waals surface area contributed by atoms with Gasteiger partial charge in [0.25, 0.3) is 5.91 Å². The van der Waals surface area contributed by atoms with Crippen molar-refractivity contribution in [2.24, 2.45) is 5.41 Å². The van der Waals surface area contributed by atoms with Crippen LogP contribution in [-0.4, -0.2) is 29.8 Å². The van der Waals surface area contributed by atoms with Gasteiger partial charge in [-0.2, -0.15) is 0 Å². The summed E-state index contributed by atoms with van der Waals surface area (Å²) in [7, 11) is 0. The van der Waals surface area contributed by atoms with Crippen molar-refractivity contribution in [3.8, 4) is 0 Å². The summed E-state index contributed by atoms with van der Waals surface area (Å²) in [5, 5.41) is 2.05. The summed E-state index contributed by atoms with van der Waals surface area (Å²) in [5.74, 6) is 0.00687. The second-order valence-corrected chi connectivity index (χ2v) is 7.53. The minimum absolute atomic E-state index is 0.00687. The fourth-order valence-electron chi connectivity index (χ4n) is 3.17. The van der Waals surface area contributed by atoms with Crippen LogP contribution in [0.25, 0.3) is 0 Å². The van der Waals surface area contributed by atoms with Gasteiger partial charge >= 0.3 is 0 Å². The van der Waals surface area contributed by atoms with E-state index in [-0.39, 0.29) is 5.91 Å². The van der Waals surface area contributed by atoms with Crippen molar-refractivity contribution >= 4 is 17.5 Å². The molecule has 5 heteroatoms. The molecule has 3 saturated heterocycles. The Kier molecular flexibility index (Phi) is 4.95. The molecule has 3 aliphatic rings. The number of carbonyl (C=O) groups is 1. The summed E-state index contributed by atoms with van der Waals surface area (Å²) >= 11 is 6.03. The van der Waals surface area contributed by atoms with Crippen LogP contribution in [0, 0.1) is 5.41 Å². The first-order chi connectivity index (χ1) is 11.0. The smallest absolute Gasteiger partial charge is 0.254 e. The number of carbonyl (C=O) groups excluding carboxylic acids is 1. The van der Waals surface area contributed by atoms with Crippen LogP contribution in [0.3, 0.4) is 0 Å². The molecule has 0 saturated carbocycles. The van der Waals surface area contributed by atoms with Crippen LogP contribution in [0.2, 0.25) is 5.02 Å². The summed E-state index contributed by atoms with van der Waals surface area (Å²) in [6, 6.07) is 7.46. The molecule has 1 amide bonds. The number of halogens is 1. The molecule has 0 radical (unpaired) electrons. The molecule has 0 spiro atoms. The van der Waals surface area contributed by atoms with Crippen molar-refractivity contribution in [2.45, 2.75) is 58.3 Å². The maximum atomic E-state index is 11.9. The maximum Gasteiger partial charge on any atom is 0.254 e. The molecule has 1 aromatic rings. The summed E-state index contributed by atoms with van der Waals surface area (Å²) < 4.78 is 5.47. The maximum absolute atomic E-state index is 11.9. The topological polar surface area (TPSA) is 38.8 Å². The molecule has 0 aromatic heterocycles. The highest BCUT2D eigenvalue weighted by Gasteiger charge is 2.40. The van der Waals surface area contributed by atoms with Gasteiger partial charge in [0.05, 0.1) is 30.8 Å². The Morgan fingerprint density at radius 3 is 2.22 bits per heavy atom. The first kappa shape index (κ1) is 16.7. The zero-order valence-electron chi connectivity index (χ0n) is 13.8. The summed E-state index contributed by atoms with van der Waals surface area (Å²) in [4.78, 5) is 17.3. The Hall–Kier alpha value is -1.10. The van der Waals surface area contributed by atoms with E-state index in [2.05, 4.69) is 0 Å².